The molecule has 0 spiro atoms. The average molecular weight is 255 g/mol. The fraction of sp³-hybridized carbons (Fsp3) is 0.417. The SMILES string of the molecule is Clc1cc(C2=CC[C@@H]3CCN[C@H]23)cnc1Cl. The molecule has 0 aromatic carbocycles. The third kappa shape index (κ3) is 1.65. The minimum atomic E-state index is 0.375. The number of nitrogens with zero attached hydrogens (tertiary/aromatic N) is 1. The molecule has 3 rings (SSSR count). The summed E-state index contributed by atoms with van der Waals surface area (Å²) in [5.41, 5.74) is 2.42. The molecule has 0 saturated carbocycles. The molecule has 1 aromatic rings. The highest BCUT2D eigenvalue weighted by Crippen LogP contribution is 2.38. The van der Waals surface area contributed by atoms with Crippen LogP contribution in [0, 0.1) is 5.92 Å². The molecule has 1 fully saturated rings. The van der Waals surface area contributed by atoms with Crippen LogP contribution in [0.25, 0.3) is 5.57 Å². The first-order valence-electron chi connectivity index (χ1n) is 5.50. The quantitative estimate of drug-likeness (QED) is 0.780. The van der Waals surface area contributed by atoms with Crippen molar-refractivity contribution >= 4 is 28.8 Å². The van der Waals surface area contributed by atoms with Crippen LogP contribution in [0.5, 0.6) is 0 Å². The first-order valence-corrected chi connectivity index (χ1v) is 6.26. The number of rotatable bonds is 1. The van der Waals surface area contributed by atoms with E-state index in [1.165, 1.54) is 12.0 Å². The summed E-state index contributed by atoms with van der Waals surface area (Å²) in [7, 11) is 0. The summed E-state index contributed by atoms with van der Waals surface area (Å²) in [5, 5.41) is 4.43. The predicted molar refractivity (Wildman–Crippen MR) is 66.7 cm³/mol. The maximum absolute atomic E-state index is 5.99. The minimum absolute atomic E-state index is 0.375. The van der Waals surface area contributed by atoms with Gasteiger partial charge < -0.3 is 5.32 Å². The summed E-state index contributed by atoms with van der Waals surface area (Å²) < 4.78 is 0. The molecule has 1 saturated heterocycles. The van der Waals surface area contributed by atoms with Crippen LogP contribution in [0.4, 0.5) is 0 Å². The zero-order valence-electron chi connectivity index (χ0n) is 8.71. The summed E-state index contributed by atoms with van der Waals surface area (Å²) in [6.45, 7) is 1.11. The van der Waals surface area contributed by atoms with Gasteiger partial charge in [0.2, 0.25) is 0 Å². The van der Waals surface area contributed by atoms with E-state index < -0.39 is 0 Å². The normalized spacial score (nSPS) is 28.0. The molecule has 0 bridgehead atoms. The zero-order chi connectivity index (χ0) is 11.1. The lowest BCUT2D eigenvalue weighted by molar-refractivity contribution is 0.557. The van der Waals surface area contributed by atoms with E-state index in [0.29, 0.717) is 16.2 Å². The lowest BCUT2D eigenvalue weighted by atomic mass is 9.97. The topological polar surface area (TPSA) is 24.9 Å². The van der Waals surface area contributed by atoms with Crippen molar-refractivity contribution in [1.29, 1.82) is 0 Å². The third-order valence-electron chi connectivity index (χ3n) is 3.46. The summed E-state index contributed by atoms with van der Waals surface area (Å²) >= 11 is 11.8. The van der Waals surface area contributed by atoms with Crippen LogP contribution in [0.15, 0.2) is 18.3 Å². The molecule has 0 radical (unpaired) electrons. The van der Waals surface area contributed by atoms with Gasteiger partial charge in [0.25, 0.3) is 0 Å². The molecule has 4 heteroatoms. The summed E-state index contributed by atoms with van der Waals surface area (Å²) in [6, 6.07) is 2.39. The van der Waals surface area contributed by atoms with E-state index >= 15 is 0 Å². The first-order chi connectivity index (χ1) is 7.75. The number of allylic oxidation sites excluding steroid dienone is 1. The first kappa shape index (κ1) is 10.6. The van der Waals surface area contributed by atoms with E-state index in [-0.39, 0.29) is 0 Å². The monoisotopic (exact) mass is 254 g/mol. The molecule has 2 heterocycles. The molecule has 84 valence electrons. The van der Waals surface area contributed by atoms with E-state index in [9.17, 15) is 0 Å². The predicted octanol–water partition coefficient (Wildman–Crippen LogP) is 3.15. The van der Waals surface area contributed by atoms with Gasteiger partial charge in [-0.2, -0.15) is 0 Å². The van der Waals surface area contributed by atoms with E-state index in [0.717, 1.165) is 24.4 Å². The molecular formula is C12H12Cl2N2. The van der Waals surface area contributed by atoms with Gasteiger partial charge in [0.1, 0.15) is 5.15 Å². The highest BCUT2D eigenvalue weighted by atomic mass is 35.5. The van der Waals surface area contributed by atoms with Gasteiger partial charge in [-0.25, -0.2) is 4.98 Å². The Labute approximate surface area is 105 Å². The molecule has 2 atom stereocenters. The summed E-state index contributed by atoms with van der Waals surface area (Å²) in [6.07, 6.45) is 6.53. The van der Waals surface area contributed by atoms with Crippen molar-refractivity contribution in [3.63, 3.8) is 0 Å². The van der Waals surface area contributed by atoms with E-state index in [1.54, 1.807) is 0 Å². The Morgan fingerprint density at radius 3 is 3.06 bits per heavy atom. The van der Waals surface area contributed by atoms with Crippen molar-refractivity contribution in [2.75, 3.05) is 6.54 Å². The Bertz CT molecular complexity index is 456. The largest absolute Gasteiger partial charge is 0.310 e. The smallest absolute Gasteiger partial charge is 0.147 e. The molecule has 0 unspecified atom stereocenters. The number of fused-ring (bicyclic) bond motifs is 1. The second-order valence-corrected chi connectivity index (χ2v) is 5.14. The minimum Gasteiger partial charge on any atom is -0.310 e. The van der Waals surface area contributed by atoms with Gasteiger partial charge in [-0.3, -0.25) is 0 Å². The maximum atomic E-state index is 5.99. The highest BCUT2D eigenvalue weighted by molar-refractivity contribution is 6.41. The number of hydrogen-bond acceptors (Lipinski definition) is 2. The molecule has 1 aliphatic heterocycles. The number of nitrogens with one attached hydrogen (secondary N) is 1. The molecule has 1 aliphatic carbocycles. The fourth-order valence-electron chi connectivity index (χ4n) is 2.66. The van der Waals surface area contributed by atoms with Crippen molar-refractivity contribution < 1.29 is 0 Å². The van der Waals surface area contributed by atoms with Gasteiger partial charge >= 0.3 is 0 Å². The Morgan fingerprint density at radius 2 is 2.25 bits per heavy atom. The van der Waals surface area contributed by atoms with E-state index in [1.807, 2.05) is 12.3 Å². The Morgan fingerprint density at radius 1 is 1.38 bits per heavy atom. The Kier molecular flexibility index (Phi) is 2.66. The van der Waals surface area contributed by atoms with Gasteiger partial charge in [-0.15, -0.1) is 0 Å². The van der Waals surface area contributed by atoms with Crippen LogP contribution < -0.4 is 5.32 Å². The van der Waals surface area contributed by atoms with Crippen molar-refractivity contribution in [1.82, 2.24) is 10.3 Å². The number of hydrogen-bond donors (Lipinski definition) is 1. The van der Waals surface area contributed by atoms with E-state index in [2.05, 4.69) is 16.4 Å². The molecular weight excluding hydrogens is 243 g/mol. The Balaban J connectivity index is 1.95. The van der Waals surface area contributed by atoms with Gasteiger partial charge in [-0.05, 0) is 42.5 Å². The number of aromatic nitrogens is 1. The highest BCUT2D eigenvalue weighted by Gasteiger charge is 2.34. The van der Waals surface area contributed by atoms with Crippen molar-refractivity contribution in [3.8, 4) is 0 Å². The molecule has 2 aliphatic rings. The van der Waals surface area contributed by atoms with Gasteiger partial charge in [0.15, 0.2) is 0 Å². The third-order valence-corrected chi connectivity index (χ3v) is 4.14. The molecule has 1 aromatic heterocycles. The maximum Gasteiger partial charge on any atom is 0.147 e. The standard InChI is InChI=1S/C12H12Cl2N2/c13-10-5-8(6-16-12(10)14)9-2-1-7-3-4-15-11(7)9/h2,5-7,11,15H,1,3-4H2/t7-,11+/m1/s1. The number of pyridine rings is 1. The van der Waals surface area contributed by atoms with Crippen LogP contribution in [0.3, 0.4) is 0 Å². The van der Waals surface area contributed by atoms with E-state index in [4.69, 9.17) is 23.2 Å². The van der Waals surface area contributed by atoms with Gasteiger partial charge in [0.05, 0.1) is 5.02 Å². The fourth-order valence-corrected chi connectivity index (χ4v) is 2.93. The van der Waals surface area contributed by atoms with Crippen LogP contribution in [-0.2, 0) is 0 Å². The molecule has 1 N–H and O–H groups in total. The van der Waals surface area contributed by atoms with Crippen LogP contribution in [0.1, 0.15) is 18.4 Å². The lowest BCUT2D eigenvalue weighted by Gasteiger charge is -2.15. The lowest BCUT2D eigenvalue weighted by Crippen LogP contribution is -2.24. The summed E-state index contributed by atoms with van der Waals surface area (Å²) in [5.74, 6) is 0.754. The van der Waals surface area contributed by atoms with Crippen molar-refractivity contribution in [3.05, 3.63) is 34.1 Å². The zero-order valence-corrected chi connectivity index (χ0v) is 10.2. The second kappa shape index (κ2) is 4.02. The van der Waals surface area contributed by atoms with Crippen molar-refractivity contribution in [2.45, 2.75) is 18.9 Å². The van der Waals surface area contributed by atoms with Crippen LogP contribution in [0.2, 0.25) is 10.2 Å². The molecule has 2 nitrogen and oxygen atoms in total. The van der Waals surface area contributed by atoms with Crippen molar-refractivity contribution in [2.24, 2.45) is 5.92 Å². The second-order valence-electron chi connectivity index (χ2n) is 4.37. The van der Waals surface area contributed by atoms with Gasteiger partial charge in [-0.1, -0.05) is 29.3 Å². The Hall–Kier alpha value is -0.570. The van der Waals surface area contributed by atoms with Gasteiger partial charge in [0, 0.05) is 12.2 Å². The molecule has 0 amide bonds. The summed E-state index contributed by atoms with van der Waals surface area (Å²) in [4.78, 5) is 4.10. The average Bonchev–Trinajstić information content (AvgIpc) is 2.83. The molecule has 16 heavy (non-hydrogen) atoms. The van der Waals surface area contributed by atoms with Crippen LogP contribution in [-0.4, -0.2) is 17.6 Å². The number of halogens is 2. The van der Waals surface area contributed by atoms with Crippen LogP contribution >= 0.6 is 23.2 Å².